The van der Waals surface area contributed by atoms with Crippen molar-refractivity contribution in [2.24, 2.45) is 0 Å². The summed E-state index contributed by atoms with van der Waals surface area (Å²) < 4.78 is 12.6. The Bertz CT molecular complexity index is 1360. The van der Waals surface area contributed by atoms with Gasteiger partial charge in [0.05, 0.1) is 17.6 Å². The number of nitrogens with one attached hydrogen (secondary N) is 2. The van der Waals surface area contributed by atoms with E-state index in [1.54, 1.807) is 22.9 Å². The first-order valence-corrected chi connectivity index (χ1v) is 10.9. The van der Waals surface area contributed by atoms with E-state index in [2.05, 4.69) is 20.4 Å². The number of carbonyl (C=O) groups is 1. The van der Waals surface area contributed by atoms with Gasteiger partial charge in [0.2, 0.25) is 5.91 Å². The largest absolute Gasteiger partial charge is 0.486 e. The molecule has 32 heavy (non-hydrogen) atoms. The van der Waals surface area contributed by atoms with Gasteiger partial charge in [-0.15, -0.1) is 0 Å². The molecule has 1 aliphatic heterocycles. The molecule has 1 aliphatic rings. The molecule has 2 N–H and O–H groups in total. The molecule has 0 saturated carbocycles. The van der Waals surface area contributed by atoms with E-state index in [0.717, 1.165) is 23.0 Å². The number of benzene rings is 2. The van der Waals surface area contributed by atoms with Gasteiger partial charge in [0, 0.05) is 11.8 Å². The number of fused-ring (bicyclic) bond motifs is 2. The number of hydrogen-bond donors (Lipinski definition) is 2. The molecule has 10 heteroatoms. The summed E-state index contributed by atoms with van der Waals surface area (Å²) in [6.07, 6.45) is 1.49. The lowest BCUT2D eigenvalue weighted by Gasteiger charge is -2.18. The van der Waals surface area contributed by atoms with Crippen molar-refractivity contribution in [2.75, 3.05) is 24.3 Å². The monoisotopic (exact) mass is 449 g/mol. The van der Waals surface area contributed by atoms with Crippen molar-refractivity contribution >= 4 is 34.4 Å². The molecule has 0 spiro atoms. The Morgan fingerprint density at radius 1 is 1.16 bits per heavy atom. The molecule has 0 atom stereocenters. The fourth-order valence-corrected chi connectivity index (χ4v) is 3.95. The third-order valence-electron chi connectivity index (χ3n) is 4.86. The summed E-state index contributed by atoms with van der Waals surface area (Å²) >= 11 is 1.14. The van der Waals surface area contributed by atoms with Crippen molar-refractivity contribution in [2.45, 2.75) is 12.1 Å². The van der Waals surface area contributed by atoms with Crippen LogP contribution in [0.4, 0.5) is 5.69 Å². The minimum atomic E-state index is -0.303. The standard InChI is InChI=1S/C22H19N5O4S/c1-13-2-5-15(6-3-13)27-20-16(11-23-27)21(29)26-22(25-20)32-12-19(28)24-14-4-7-17-18(10-14)31-9-8-30-17/h2-7,10-11H,8-9,12H2,1H3,(H,24,28)(H,25,26,29). The van der Waals surface area contributed by atoms with Gasteiger partial charge in [-0.25, -0.2) is 9.67 Å². The summed E-state index contributed by atoms with van der Waals surface area (Å²) in [4.78, 5) is 32.1. The van der Waals surface area contributed by atoms with Crippen LogP contribution in [0, 0.1) is 6.92 Å². The molecule has 2 aromatic heterocycles. The molecule has 0 radical (unpaired) electrons. The van der Waals surface area contributed by atoms with Crippen molar-refractivity contribution in [3.8, 4) is 17.2 Å². The second kappa shape index (κ2) is 8.39. The van der Waals surface area contributed by atoms with Gasteiger partial charge in [-0.05, 0) is 31.2 Å². The minimum absolute atomic E-state index is 0.0710. The molecule has 0 bridgehead atoms. The summed E-state index contributed by atoms with van der Waals surface area (Å²) in [5.41, 5.74) is 2.66. The lowest BCUT2D eigenvalue weighted by atomic mass is 10.2. The SMILES string of the molecule is Cc1ccc(-n2ncc3c(=O)[nH]c(SCC(=O)Nc4ccc5c(c4)OCCO5)nc32)cc1. The highest BCUT2D eigenvalue weighted by Gasteiger charge is 2.15. The third-order valence-corrected chi connectivity index (χ3v) is 5.73. The highest BCUT2D eigenvalue weighted by Crippen LogP contribution is 2.32. The maximum atomic E-state index is 12.5. The number of aromatic amines is 1. The Kier molecular flexibility index (Phi) is 5.28. The van der Waals surface area contributed by atoms with E-state index >= 15 is 0 Å². The Balaban J connectivity index is 1.32. The Labute approximate surface area is 186 Å². The van der Waals surface area contributed by atoms with Crippen LogP contribution in [0.2, 0.25) is 0 Å². The number of amides is 1. The smallest absolute Gasteiger partial charge is 0.262 e. The van der Waals surface area contributed by atoms with Crippen molar-refractivity contribution in [3.05, 3.63) is 64.6 Å². The lowest BCUT2D eigenvalue weighted by molar-refractivity contribution is -0.113. The van der Waals surface area contributed by atoms with E-state index < -0.39 is 0 Å². The number of thioether (sulfide) groups is 1. The van der Waals surface area contributed by atoms with Crippen LogP contribution in [0.25, 0.3) is 16.7 Å². The molecule has 2 aromatic carbocycles. The number of rotatable bonds is 5. The zero-order valence-electron chi connectivity index (χ0n) is 17.1. The second-order valence-electron chi connectivity index (χ2n) is 7.20. The zero-order valence-corrected chi connectivity index (χ0v) is 17.9. The van der Waals surface area contributed by atoms with Crippen LogP contribution < -0.4 is 20.3 Å². The van der Waals surface area contributed by atoms with E-state index in [1.807, 2.05) is 31.2 Å². The number of aryl methyl sites for hydroxylation is 1. The first-order chi connectivity index (χ1) is 15.6. The summed E-state index contributed by atoms with van der Waals surface area (Å²) in [5.74, 6) is 1.09. The van der Waals surface area contributed by atoms with Gasteiger partial charge in [0.1, 0.15) is 18.6 Å². The average Bonchev–Trinajstić information content (AvgIpc) is 3.23. The van der Waals surface area contributed by atoms with Crippen molar-refractivity contribution in [1.29, 1.82) is 0 Å². The summed E-state index contributed by atoms with van der Waals surface area (Å²) in [6, 6.07) is 13.0. The molecule has 162 valence electrons. The molecule has 5 rings (SSSR count). The fraction of sp³-hybridized carbons (Fsp3) is 0.182. The molecular weight excluding hydrogens is 430 g/mol. The highest BCUT2D eigenvalue weighted by atomic mass is 32.2. The van der Waals surface area contributed by atoms with Crippen LogP contribution in [0.3, 0.4) is 0 Å². The number of H-pyrrole nitrogens is 1. The van der Waals surface area contributed by atoms with Crippen molar-refractivity contribution < 1.29 is 14.3 Å². The second-order valence-corrected chi connectivity index (χ2v) is 8.16. The average molecular weight is 449 g/mol. The Morgan fingerprint density at radius 2 is 1.94 bits per heavy atom. The van der Waals surface area contributed by atoms with Gasteiger partial charge < -0.3 is 19.8 Å². The molecule has 3 heterocycles. The number of aromatic nitrogens is 4. The predicted molar refractivity (Wildman–Crippen MR) is 121 cm³/mol. The molecule has 0 fully saturated rings. The summed E-state index contributed by atoms with van der Waals surface area (Å²) in [6.45, 7) is 2.98. The van der Waals surface area contributed by atoms with Gasteiger partial charge in [0.25, 0.3) is 5.56 Å². The van der Waals surface area contributed by atoms with Gasteiger partial charge in [-0.1, -0.05) is 29.5 Å². The maximum Gasteiger partial charge on any atom is 0.262 e. The molecule has 0 aliphatic carbocycles. The van der Waals surface area contributed by atoms with Crippen molar-refractivity contribution in [1.82, 2.24) is 19.7 Å². The van der Waals surface area contributed by atoms with Gasteiger partial charge in [0.15, 0.2) is 22.3 Å². The molecular formula is C22H19N5O4S. The molecule has 9 nitrogen and oxygen atoms in total. The summed E-state index contributed by atoms with van der Waals surface area (Å²) in [7, 11) is 0. The van der Waals surface area contributed by atoms with Crippen LogP contribution >= 0.6 is 11.8 Å². The zero-order chi connectivity index (χ0) is 22.1. The summed E-state index contributed by atoms with van der Waals surface area (Å²) in [5, 5.41) is 7.85. The Morgan fingerprint density at radius 3 is 2.75 bits per heavy atom. The predicted octanol–water partition coefficient (Wildman–Crippen LogP) is 2.92. The van der Waals surface area contributed by atoms with Crippen LogP contribution in [-0.4, -0.2) is 44.6 Å². The normalized spacial score (nSPS) is 12.7. The number of anilines is 1. The molecule has 1 amide bonds. The van der Waals surface area contributed by atoms with Crippen LogP contribution in [0.15, 0.2) is 58.6 Å². The van der Waals surface area contributed by atoms with Crippen LogP contribution in [0.5, 0.6) is 11.5 Å². The first kappa shape index (κ1) is 20.1. The quantitative estimate of drug-likeness (QED) is 0.356. The van der Waals surface area contributed by atoms with Crippen molar-refractivity contribution in [3.63, 3.8) is 0 Å². The topological polar surface area (TPSA) is 111 Å². The van der Waals surface area contributed by atoms with E-state index in [0.29, 0.717) is 46.6 Å². The van der Waals surface area contributed by atoms with E-state index in [1.165, 1.54) is 6.20 Å². The van der Waals surface area contributed by atoms with E-state index in [-0.39, 0.29) is 17.2 Å². The van der Waals surface area contributed by atoms with Gasteiger partial charge in [-0.3, -0.25) is 9.59 Å². The number of ether oxygens (including phenoxy) is 2. The molecule has 0 unspecified atom stereocenters. The van der Waals surface area contributed by atoms with Gasteiger partial charge in [-0.2, -0.15) is 5.10 Å². The van der Waals surface area contributed by atoms with E-state index in [9.17, 15) is 9.59 Å². The molecule has 4 aromatic rings. The molecule has 0 saturated heterocycles. The van der Waals surface area contributed by atoms with Crippen LogP contribution in [-0.2, 0) is 4.79 Å². The van der Waals surface area contributed by atoms with Crippen LogP contribution in [0.1, 0.15) is 5.56 Å². The van der Waals surface area contributed by atoms with Gasteiger partial charge >= 0.3 is 0 Å². The lowest BCUT2D eigenvalue weighted by Crippen LogP contribution is -2.17. The highest BCUT2D eigenvalue weighted by molar-refractivity contribution is 7.99. The minimum Gasteiger partial charge on any atom is -0.486 e. The number of hydrogen-bond acceptors (Lipinski definition) is 7. The third kappa shape index (κ3) is 4.04. The number of nitrogens with zero attached hydrogens (tertiary/aromatic N) is 3. The number of carbonyl (C=O) groups excluding carboxylic acids is 1. The maximum absolute atomic E-state index is 12.5. The fourth-order valence-electron chi connectivity index (χ4n) is 3.29. The first-order valence-electron chi connectivity index (χ1n) is 9.94. The van der Waals surface area contributed by atoms with E-state index in [4.69, 9.17) is 9.47 Å². The Hall–Kier alpha value is -3.79.